The highest BCUT2D eigenvalue weighted by atomic mass is 35.5. The summed E-state index contributed by atoms with van der Waals surface area (Å²) in [5.41, 5.74) is 2.03. The van der Waals surface area contributed by atoms with E-state index in [0.29, 0.717) is 33.1 Å². The summed E-state index contributed by atoms with van der Waals surface area (Å²) in [5.74, 6) is -0.548. The first-order valence-electron chi connectivity index (χ1n) is 7.78. The SMILES string of the molecule is Cc1nn(Cc2ccc(Cl)cc2)c(Cl)c1/C=C(\C#N)C(=O)Nc1nccs1. The van der Waals surface area contributed by atoms with E-state index >= 15 is 0 Å². The Kier molecular flexibility index (Phi) is 5.91. The minimum Gasteiger partial charge on any atom is -0.297 e. The number of carbonyl (C=O) groups is 1. The third kappa shape index (κ3) is 4.55. The van der Waals surface area contributed by atoms with E-state index in [9.17, 15) is 10.1 Å². The maximum absolute atomic E-state index is 12.3. The number of aromatic nitrogens is 3. The number of amides is 1. The number of hydrogen-bond acceptors (Lipinski definition) is 5. The highest BCUT2D eigenvalue weighted by molar-refractivity contribution is 7.13. The molecule has 6 nitrogen and oxygen atoms in total. The van der Waals surface area contributed by atoms with Crippen molar-refractivity contribution >= 4 is 51.7 Å². The van der Waals surface area contributed by atoms with Gasteiger partial charge in [0.2, 0.25) is 0 Å². The number of rotatable bonds is 5. The van der Waals surface area contributed by atoms with Crippen LogP contribution in [0.2, 0.25) is 10.2 Å². The Bertz CT molecular complexity index is 1030. The van der Waals surface area contributed by atoms with Gasteiger partial charge in [-0.3, -0.25) is 10.1 Å². The topological polar surface area (TPSA) is 83.6 Å². The fraction of sp³-hybridized carbons (Fsp3) is 0.111. The summed E-state index contributed by atoms with van der Waals surface area (Å²) in [4.78, 5) is 16.3. The number of thiazole rings is 1. The molecular weight excluding hydrogens is 405 g/mol. The zero-order valence-corrected chi connectivity index (χ0v) is 16.4. The summed E-state index contributed by atoms with van der Waals surface area (Å²) >= 11 is 13.6. The van der Waals surface area contributed by atoms with E-state index in [-0.39, 0.29) is 5.57 Å². The van der Waals surface area contributed by atoms with Gasteiger partial charge in [-0.1, -0.05) is 35.3 Å². The van der Waals surface area contributed by atoms with Crippen molar-refractivity contribution in [3.8, 4) is 6.07 Å². The number of nitrogens with one attached hydrogen (secondary N) is 1. The van der Waals surface area contributed by atoms with Crippen molar-refractivity contribution in [2.45, 2.75) is 13.5 Å². The molecule has 0 bridgehead atoms. The Balaban J connectivity index is 1.86. The molecule has 2 heterocycles. The standard InChI is InChI=1S/C18H13Cl2N5OS/c1-11-15(8-13(9-21)17(26)23-18-22-6-7-27-18)16(20)25(24-11)10-12-2-4-14(19)5-3-12/h2-8H,10H2,1H3,(H,22,23,26)/b13-8+. The lowest BCUT2D eigenvalue weighted by Crippen LogP contribution is -2.13. The van der Waals surface area contributed by atoms with Crippen LogP contribution in [-0.4, -0.2) is 20.7 Å². The summed E-state index contributed by atoms with van der Waals surface area (Å²) in [6, 6.07) is 9.24. The summed E-state index contributed by atoms with van der Waals surface area (Å²) in [6.45, 7) is 2.21. The van der Waals surface area contributed by atoms with Crippen molar-refractivity contribution in [3.05, 3.63) is 68.4 Å². The van der Waals surface area contributed by atoms with E-state index in [4.69, 9.17) is 23.2 Å². The molecule has 0 aliphatic heterocycles. The molecule has 3 rings (SSSR count). The molecule has 1 aromatic carbocycles. The molecule has 9 heteroatoms. The Labute approximate surface area is 169 Å². The van der Waals surface area contributed by atoms with Crippen LogP contribution >= 0.6 is 34.5 Å². The number of halogens is 2. The summed E-state index contributed by atoms with van der Waals surface area (Å²) in [7, 11) is 0. The average molecular weight is 418 g/mol. The quantitative estimate of drug-likeness (QED) is 0.487. The predicted octanol–water partition coefficient (Wildman–Crippen LogP) is 4.55. The highest BCUT2D eigenvalue weighted by Gasteiger charge is 2.16. The molecule has 0 saturated carbocycles. The minimum absolute atomic E-state index is 0.0822. The molecule has 0 fully saturated rings. The van der Waals surface area contributed by atoms with Crippen LogP contribution in [-0.2, 0) is 11.3 Å². The summed E-state index contributed by atoms with van der Waals surface area (Å²) in [6.07, 6.45) is 3.00. The van der Waals surface area contributed by atoms with Crippen LogP contribution < -0.4 is 5.32 Å². The Morgan fingerprint density at radius 2 is 2.11 bits per heavy atom. The van der Waals surface area contributed by atoms with Crippen LogP contribution in [0.4, 0.5) is 5.13 Å². The lowest BCUT2D eigenvalue weighted by molar-refractivity contribution is -0.112. The van der Waals surface area contributed by atoms with E-state index in [1.54, 1.807) is 35.3 Å². The maximum atomic E-state index is 12.3. The first kappa shape index (κ1) is 19.1. The third-order valence-electron chi connectivity index (χ3n) is 3.66. The lowest BCUT2D eigenvalue weighted by Gasteiger charge is -2.04. The normalized spacial score (nSPS) is 11.3. The number of nitrogens with zero attached hydrogens (tertiary/aromatic N) is 4. The van der Waals surface area contributed by atoms with Gasteiger partial charge in [-0.25, -0.2) is 9.67 Å². The van der Waals surface area contributed by atoms with Crippen molar-refractivity contribution < 1.29 is 4.79 Å². The number of aryl methyl sites for hydroxylation is 1. The Morgan fingerprint density at radius 3 is 2.74 bits per heavy atom. The van der Waals surface area contributed by atoms with E-state index in [2.05, 4.69) is 15.4 Å². The molecule has 27 heavy (non-hydrogen) atoms. The van der Waals surface area contributed by atoms with E-state index < -0.39 is 5.91 Å². The van der Waals surface area contributed by atoms with Gasteiger partial charge < -0.3 is 0 Å². The first-order chi connectivity index (χ1) is 13.0. The van der Waals surface area contributed by atoms with E-state index in [1.807, 2.05) is 18.2 Å². The lowest BCUT2D eigenvalue weighted by atomic mass is 10.1. The van der Waals surface area contributed by atoms with Crippen LogP contribution in [0.3, 0.4) is 0 Å². The van der Waals surface area contributed by atoms with Gasteiger partial charge in [0.25, 0.3) is 5.91 Å². The predicted molar refractivity (Wildman–Crippen MR) is 107 cm³/mol. The van der Waals surface area contributed by atoms with Crippen molar-refractivity contribution in [1.82, 2.24) is 14.8 Å². The molecule has 0 aliphatic carbocycles. The average Bonchev–Trinajstić information content (AvgIpc) is 3.24. The van der Waals surface area contributed by atoms with E-state index in [1.165, 1.54) is 17.4 Å². The maximum Gasteiger partial charge on any atom is 0.268 e. The van der Waals surface area contributed by atoms with Gasteiger partial charge in [0.05, 0.1) is 12.2 Å². The van der Waals surface area contributed by atoms with Gasteiger partial charge in [-0.15, -0.1) is 11.3 Å². The van der Waals surface area contributed by atoms with Crippen LogP contribution in [0, 0.1) is 18.3 Å². The molecule has 0 unspecified atom stereocenters. The number of carbonyl (C=O) groups excluding carboxylic acids is 1. The van der Waals surface area contributed by atoms with Gasteiger partial charge in [0.15, 0.2) is 5.13 Å². The zero-order valence-electron chi connectivity index (χ0n) is 14.1. The smallest absolute Gasteiger partial charge is 0.268 e. The fourth-order valence-corrected chi connectivity index (χ4v) is 3.28. The summed E-state index contributed by atoms with van der Waals surface area (Å²) < 4.78 is 1.61. The van der Waals surface area contributed by atoms with Crippen LogP contribution in [0.1, 0.15) is 16.8 Å². The first-order valence-corrected chi connectivity index (χ1v) is 9.41. The molecule has 1 amide bonds. The van der Waals surface area contributed by atoms with Gasteiger partial charge >= 0.3 is 0 Å². The molecular formula is C18H13Cl2N5OS. The molecule has 0 atom stereocenters. The van der Waals surface area contributed by atoms with Gasteiger partial charge in [-0.05, 0) is 30.7 Å². The Hall–Kier alpha value is -2.66. The highest BCUT2D eigenvalue weighted by Crippen LogP contribution is 2.24. The molecule has 1 N–H and O–H groups in total. The molecule has 0 radical (unpaired) electrons. The number of hydrogen-bond donors (Lipinski definition) is 1. The largest absolute Gasteiger partial charge is 0.297 e. The summed E-state index contributed by atoms with van der Waals surface area (Å²) in [5, 5.41) is 19.5. The van der Waals surface area contributed by atoms with Crippen molar-refractivity contribution in [2.24, 2.45) is 0 Å². The van der Waals surface area contributed by atoms with Gasteiger partial charge in [0.1, 0.15) is 16.8 Å². The second kappa shape index (κ2) is 8.35. The monoisotopic (exact) mass is 417 g/mol. The minimum atomic E-state index is -0.548. The molecule has 136 valence electrons. The van der Waals surface area contributed by atoms with Crippen LogP contribution in [0.5, 0.6) is 0 Å². The number of benzene rings is 1. The van der Waals surface area contributed by atoms with Crippen molar-refractivity contribution in [2.75, 3.05) is 5.32 Å². The Morgan fingerprint density at radius 1 is 1.37 bits per heavy atom. The number of nitriles is 1. The molecule has 3 aromatic rings. The molecule has 0 saturated heterocycles. The van der Waals surface area contributed by atoms with Gasteiger partial charge in [0, 0.05) is 22.2 Å². The molecule has 0 spiro atoms. The van der Waals surface area contributed by atoms with Crippen molar-refractivity contribution in [1.29, 1.82) is 5.26 Å². The van der Waals surface area contributed by atoms with Crippen LogP contribution in [0.25, 0.3) is 6.08 Å². The zero-order chi connectivity index (χ0) is 19.4. The molecule has 2 aromatic heterocycles. The second-order valence-corrected chi connectivity index (χ2v) is 7.22. The third-order valence-corrected chi connectivity index (χ3v) is 5.00. The second-order valence-electron chi connectivity index (χ2n) is 5.54. The fourth-order valence-electron chi connectivity index (χ4n) is 2.34. The molecule has 0 aliphatic rings. The van der Waals surface area contributed by atoms with Crippen molar-refractivity contribution in [3.63, 3.8) is 0 Å². The van der Waals surface area contributed by atoms with Gasteiger partial charge in [-0.2, -0.15) is 10.4 Å². The van der Waals surface area contributed by atoms with Crippen LogP contribution in [0.15, 0.2) is 41.4 Å². The van der Waals surface area contributed by atoms with E-state index in [0.717, 1.165) is 5.56 Å². The number of anilines is 1.